The first-order valence-corrected chi connectivity index (χ1v) is 7.73. The molecule has 0 radical (unpaired) electrons. The molecule has 1 amide bonds. The van der Waals surface area contributed by atoms with E-state index in [1.807, 2.05) is 25.1 Å². The summed E-state index contributed by atoms with van der Waals surface area (Å²) in [5.41, 5.74) is 1.32. The number of rotatable bonds is 5. The predicted molar refractivity (Wildman–Crippen MR) is 86.1 cm³/mol. The second kappa shape index (κ2) is 6.97. The molecule has 20 heavy (non-hydrogen) atoms. The van der Waals surface area contributed by atoms with Crippen molar-refractivity contribution >= 4 is 46.1 Å². The van der Waals surface area contributed by atoms with Crippen molar-refractivity contribution in [2.75, 3.05) is 11.9 Å². The molecule has 0 aliphatic heterocycles. The maximum absolute atomic E-state index is 12.2. The number of nitrogens with one attached hydrogen (secondary N) is 2. The summed E-state index contributed by atoms with van der Waals surface area (Å²) in [5, 5.41) is 6.56. The van der Waals surface area contributed by atoms with Crippen LogP contribution in [0.3, 0.4) is 0 Å². The topological polar surface area (TPSA) is 41.1 Å². The van der Waals surface area contributed by atoms with E-state index in [9.17, 15) is 4.79 Å². The molecule has 0 unspecified atom stereocenters. The van der Waals surface area contributed by atoms with E-state index in [4.69, 9.17) is 23.2 Å². The van der Waals surface area contributed by atoms with E-state index < -0.39 is 0 Å². The third-order valence-corrected chi connectivity index (χ3v) is 4.11. The zero-order valence-electron chi connectivity index (χ0n) is 10.9. The molecular formula is C14H14Cl2N2OS. The van der Waals surface area contributed by atoms with Crippen LogP contribution in [0.25, 0.3) is 0 Å². The highest BCUT2D eigenvalue weighted by molar-refractivity contribution is 7.16. The first-order chi connectivity index (χ1) is 9.60. The van der Waals surface area contributed by atoms with Crippen LogP contribution in [-0.2, 0) is 6.54 Å². The van der Waals surface area contributed by atoms with Crippen LogP contribution in [0.1, 0.15) is 22.2 Å². The highest BCUT2D eigenvalue weighted by Gasteiger charge is 2.12. The normalized spacial score (nSPS) is 10.3. The molecule has 106 valence electrons. The standard InChI is InChI=1S/C14H14Cl2N2OS/c1-2-17-12-5-3-9(15)7-11(12)14(19)18-8-10-4-6-13(16)20-10/h3-7,17H,2,8H2,1H3,(H,18,19). The number of anilines is 1. The summed E-state index contributed by atoms with van der Waals surface area (Å²) < 4.78 is 0.713. The molecule has 3 nitrogen and oxygen atoms in total. The fourth-order valence-electron chi connectivity index (χ4n) is 1.76. The lowest BCUT2D eigenvalue weighted by atomic mass is 10.1. The van der Waals surface area contributed by atoms with E-state index in [1.165, 1.54) is 11.3 Å². The lowest BCUT2D eigenvalue weighted by Crippen LogP contribution is -2.23. The van der Waals surface area contributed by atoms with Gasteiger partial charge in [0.25, 0.3) is 5.91 Å². The van der Waals surface area contributed by atoms with Crippen LogP contribution in [0.4, 0.5) is 5.69 Å². The van der Waals surface area contributed by atoms with Gasteiger partial charge in [-0.25, -0.2) is 0 Å². The Bertz CT molecular complexity index is 613. The Balaban J connectivity index is 2.09. The van der Waals surface area contributed by atoms with Gasteiger partial charge in [-0.15, -0.1) is 11.3 Å². The van der Waals surface area contributed by atoms with E-state index in [0.29, 0.717) is 21.5 Å². The fraction of sp³-hybridized carbons (Fsp3) is 0.214. The highest BCUT2D eigenvalue weighted by Crippen LogP contribution is 2.23. The van der Waals surface area contributed by atoms with Gasteiger partial charge in [-0.2, -0.15) is 0 Å². The van der Waals surface area contributed by atoms with Crippen LogP contribution in [-0.4, -0.2) is 12.5 Å². The molecule has 0 saturated carbocycles. The lowest BCUT2D eigenvalue weighted by Gasteiger charge is -2.11. The van der Waals surface area contributed by atoms with Crippen molar-refractivity contribution in [3.8, 4) is 0 Å². The number of halogens is 2. The van der Waals surface area contributed by atoms with Crippen LogP contribution in [0, 0.1) is 0 Å². The van der Waals surface area contributed by atoms with Crippen molar-refractivity contribution in [2.24, 2.45) is 0 Å². The van der Waals surface area contributed by atoms with Crippen LogP contribution < -0.4 is 10.6 Å². The van der Waals surface area contributed by atoms with E-state index in [-0.39, 0.29) is 5.91 Å². The van der Waals surface area contributed by atoms with Gasteiger partial charge in [0.2, 0.25) is 0 Å². The minimum absolute atomic E-state index is 0.159. The highest BCUT2D eigenvalue weighted by atomic mass is 35.5. The van der Waals surface area contributed by atoms with Gasteiger partial charge >= 0.3 is 0 Å². The number of amides is 1. The fourth-order valence-corrected chi connectivity index (χ4v) is 2.96. The van der Waals surface area contributed by atoms with Gasteiger partial charge in [0.05, 0.1) is 16.4 Å². The number of carbonyl (C=O) groups excluding carboxylic acids is 1. The third kappa shape index (κ3) is 3.88. The van der Waals surface area contributed by atoms with Crippen molar-refractivity contribution in [1.29, 1.82) is 0 Å². The van der Waals surface area contributed by atoms with E-state index in [0.717, 1.165) is 17.1 Å². The monoisotopic (exact) mass is 328 g/mol. The van der Waals surface area contributed by atoms with Gasteiger partial charge in [-0.1, -0.05) is 23.2 Å². The molecule has 1 aromatic heterocycles. The molecule has 0 aliphatic rings. The maximum Gasteiger partial charge on any atom is 0.253 e. The Labute approximate surface area is 131 Å². The van der Waals surface area contributed by atoms with E-state index in [1.54, 1.807) is 12.1 Å². The van der Waals surface area contributed by atoms with Crippen LogP contribution in [0.5, 0.6) is 0 Å². The number of benzene rings is 1. The van der Waals surface area contributed by atoms with Gasteiger partial charge in [-0.3, -0.25) is 4.79 Å². The number of hydrogen-bond acceptors (Lipinski definition) is 3. The van der Waals surface area contributed by atoms with Crippen molar-refractivity contribution in [1.82, 2.24) is 5.32 Å². The Hall–Kier alpha value is -1.23. The molecule has 0 spiro atoms. The van der Waals surface area contributed by atoms with E-state index >= 15 is 0 Å². The van der Waals surface area contributed by atoms with Crippen molar-refractivity contribution < 1.29 is 4.79 Å². The van der Waals surface area contributed by atoms with Crippen LogP contribution in [0.15, 0.2) is 30.3 Å². The maximum atomic E-state index is 12.2. The summed E-state index contributed by atoms with van der Waals surface area (Å²) in [5.74, 6) is -0.159. The van der Waals surface area contributed by atoms with Gasteiger partial charge in [0, 0.05) is 22.1 Å². The summed E-state index contributed by atoms with van der Waals surface area (Å²) in [6.45, 7) is 3.17. The van der Waals surface area contributed by atoms with E-state index in [2.05, 4.69) is 10.6 Å². The molecule has 0 fully saturated rings. The quantitative estimate of drug-likeness (QED) is 0.853. The summed E-state index contributed by atoms with van der Waals surface area (Å²) in [4.78, 5) is 13.2. The smallest absolute Gasteiger partial charge is 0.253 e. The molecule has 1 heterocycles. The van der Waals surface area contributed by atoms with Crippen LogP contribution in [0.2, 0.25) is 9.36 Å². The van der Waals surface area contributed by atoms with Crippen molar-refractivity contribution in [2.45, 2.75) is 13.5 Å². The molecule has 2 rings (SSSR count). The van der Waals surface area contributed by atoms with Gasteiger partial charge in [0.1, 0.15) is 0 Å². The molecule has 0 bridgehead atoms. The van der Waals surface area contributed by atoms with Crippen molar-refractivity contribution in [3.05, 3.63) is 50.1 Å². The number of thiophene rings is 1. The molecule has 2 N–H and O–H groups in total. The number of hydrogen-bond donors (Lipinski definition) is 2. The summed E-state index contributed by atoms with van der Waals surface area (Å²) in [7, 11) is 0. The SMILES string of the molecule is CCNc1ccc(Cl)cc1C(=O)NCc1ccc(Cl)s1. The zero-order valence-corrected chi connectivity index (χ0v) is 13.2. The largest absolute Gasteiger partial charge is 0.385 e. The minimum atomic E-state index is -0.159. The van der Waals surface area contributed by atoms with Gasteiger partial charge in [0.15, 0.2) is 0 Å². The summed E-state index contributed by atoms with van der Waals surface area (Å²) in [6.07, 6.45) is 0. The first kappa shape index (κ1) is 15.2. The average molecular weight is 329 g/mol. The molecule has 0 atom stereocenters. The molecule has 0 saturated heterocycles. The Morgan fingerprint density at radius 1 is 1.25 bits per heavy atom. The molecular weight excluding hydrogens is 315 g/mol. The zero-order chi connectivity index (χ0) is 14.5. The third-order valence-electron chi connectivity index (χ3n) is 2.65. The second-order valence-corrected chi connectivity index (χ2v) is 6.34. The average Bonchev–Trinajstić information content (AvgIpc) is 2.84. The summed E-state index contributed by atoms with van der Waals surface area (Å²) >= 11 is 13.3. The molecule has 2 aromatic rings. The minimum Gasteiger partial charge on any atom is -0.385 e. The molecule has 0 aliphatic carbocycles. The Morgan fingerprint density at radius 3 is 2.70 bits per heavy atom. The molecule has 1 aromatic carbocycles. The lowest BCUT2D eigenvalue weighted by molar-refractivity contribution is 0.0952. The van der Waals surface area contributed by atoms with Crippen LogP contribution >= 0.6 is 34.5 Å². The van der Waals surface area contributed by atoms with Crippen molar-refractivity contribution in [3.63, 3.8) is 0 Å². The Morgan fingerprint density at radius 2 is 2.05 bits per heavy atom. The summed E-state index contributed by atoms with van der Waals surface area (Å²) in [6, 6.07) is 8.95. The van der Waals surface area contributed by atoms with Gasteiger partial charge in [-0.05, 0) is 37.3 Å². The Kier molecular flexibility index (Phi) is 5.29. The second-order valence-electron chi connectivity index (χ2n) is 4.11. The predicted octanol–water partition coefficient (Wildman–Crippen LogP) is 4.42. The first-order valence-electron chi connectivity index (χ1n) is 6.16. The van der Waals surface area contributed by atoms with Gasteiger partial charge < -0.3 is 10.6 Å². The number of carbonyl (C=O) groups is 1. The molecule has 6 heteroatoms.